The molecule has 0 atom stereocenters. The zero-order chi connectivity index (χ0) is 15.0. The number of amides is 2. The number of hydrogen-bond donors (Lipinski definition) is 3. The molecule has 0 aliphatic carbocycles. The van der Waals surface area contributed by atoms with Crippen LogP contribution in [0.2, 0.25) is 0 Å². The van der Waals surface area contributed by atoms with Gasteiger partial charge in [-0.3, -0.25) is 9.59 Å². The van der Waals surface area contributed by atoms with Crippen LogP contribution in [0.3, 0.4) is 0 Å². The minimum absolute atomic E-state index is 0.128. The van der Waals surface area contributed by atoms with Crippen molar-refractivity contribution in [3.8, 4) is 0 Å². The summed E-state index contributed by atoms with van der Waals surface area (Å²) in [6, 6.07) is 6.41. The number of carbonyl (C=O) groups is 2. The molecule has 1 aromatic carbocycles. The van der Waals surface area contributed by atoms with Crippen LogP contribution < -0.4 is 11.1 Å². The Morgan fingerprint density at radius 3 is 2.55 bits per heavy atom. The van der Waals surface area contributed by atoms with Crippen molar-refractivity contribution in [2.45, 2.75) is 0 Å². The van der Waals surface area contributed by atoms with Crippen molar-refractivity contribution in [1.82, 2.24) is 10.2 Å². The van der Waals surface area contributed by atoms with E-state index >= 15 is 0 Å². The second-order valence-corrected chi connectivity index (χ2v) is 4.16. The number of anilines is 1. The first-order chi connectivity index (χ1) is 9.58. The lowest BCUT2D eigenvalue weighted by Gasteiger charge is -2.20. The van der Waals surface area contributed by atoms with Crippen molar-refractivity contribution >= 4 is 17.5 Å². The fraction of sp³-hybridized carbons (Fsp3) is 0.286. The van der Waals surface area contributed by atoms with Crippen LogP contribution in [0.25, 0.3) is 0 Å². The van der Waals surface area contributed by atoms with Crippen LogP contribution >= 0.6 is 0 Å². The number of benzene rings is 1. The van der Waals surface area contributed by atoms with Gasteiger partial charge in [0.1, 0.15) is 0 Å². The Kier molecular flexibility index (Phi) is 6.25. The predicted octanol–water partition coefficient (Wildman–Crippen LogP) is 0.00550. The summed E-state index contributed by atoms with van der Waals surface area (Å²) in [5.74, 6) is -0.622. The first-order valence-corrected chi connectivity index (χ1v) is 6.21. The Bertz CT molecular complexity index is 471. The Morgan fingerprint density at radius 1 is 1.35 bits per heavy atom. The van der Waals surface area contributed by atoms with E-state index in [-0.39, 0.29) is 31.5 Å². The number of nitrogen functional groups attached to an aromatic ring is 1. The van der Waals surface area contributed by atoms with Gasteiger partial charge in [-0.15, -0.1) is 6.58 Å². The molecule has 0 spiro atoms. The van der Waals surface area contributed by atoms with Gasteiger partial charge in [-0.25, -0.2) is 0 Å². The molecule has 2 amide bonds. The first-order valence-electron chi connectivity index (χ1n) is 6.21. The lowest BCUT2D eigenvalue weighted by molar-refractivity contribution is -0.130. The van der Waals surface area contributed by atoms with Gasteiger partial charge in [0, 0.05) is 24.3 Å². The maximum absolute atomic E-state index is 11.8. The molecule has 0 aliphatic rings. The molecule has 1 aromatic rings. The number of rotatable bonds is 7. The summed E-state index contributed by atoms with van der Waals surface area (Å²) >= 11 is 0. The van der Waals surface area contributed by atoms with Gasteiger partial charge in [-0.1, -0.05) is 6.08 Å². The normalized spacial score (nSPS) is 9.85. The fourth-order valence-electron chi connectivity index (χ4n) is 1.60. The molecule has 20 heavy (non-hydrogen) atoms. The van der Waals surface area contributed by atoms with Gasteiger partial charge < -0.3 is 21.1 Å². The van der Waals surface area contributed by atoms with Crippen molar-refractivity contribution in [3.05, 3.63) is 42.5 Å². The zero-order valence-corrected chi connectivity index (χ0v) is 11.2. The highest BCUT2D eigenvalue weighted by Gasteiger charge is 2.13. The molecule has 6 heteroatoms. The van der Waals surface area contributed by atoms with E-state index in [1.54, 1.807) is 30.3 Å². The van der Waals surface area contributed by atoms with Gasteiger partial charge in [0.2, 0.25) is 5.91 Å². The minimum Gasteiger partial charge on any atom is -0.399 e. The van der Waals surface area contributed by atoms with Crippen molar-refractivity contribution in [1.29, 1.82) is 0 Å². The molecule has 0 aliphatic heterocycles. The number of aliphatic hydroxyl groups is 1. The number of hydrogen-bond acceptors (Lipinski definition) is 4. The van der Waals surface area contributed by atoms with E-state index in [9.17, 15) is 9.59 Å². The van der Waals surface area contributed by atoms with E-state index in [4.69, 9.17) is 10.8 Å². The second-order valence-electron chi connectivity index (χ2n) is 4.16. The topological polar surface area (TPSA) is 95.7 Å². The quantitative estimate of drug-likeness (QED) is 0.483. The maximum Gasteiger partial charge on any atom is 0.251 e. The van der Waals surface area contributed by atoms with Gasteiger partial charge in [-0.05, 0) is 24.3 Å². The van der Waals surface area contributed by atoms with Gasteiger partial charge in [-0.2, -0.15) is 0 Å². The molecule has 0 fully saturated rings. The van der Waals surface area contributed by atoms with Crippen molar-refractivity contribution in [2.75, 3.05) is 32.0 Å². The molecule has 0 saturated heterocycles. The third-order valence-electron chi connectivity index (χ3n) is 2.65. The molecular weight excluding hydrogens is 258 g/mol. The average Bonchev–Trinajstić information content (AvgIpc) is 2.45. The highest BCUT2D eigenvalue weighted by molar-refractivity contribution is 5.96. The molecule has 0 saturated carbocycles. The summed E-state index contributed by atoms with van der Waals surface area (Å²) in [6.07, 6.45) is 1.56. The van der Waals surface area contributed by atoms with E-state index in [1.165, 1.54) is 4.90 Å². The lowest BCUT2D eigenvalue weighted by atomic mass is 10.2. The summed E-state index contributed by atoms with van der Waals surface area (Å²) in [4.78, 5) is 25.1. The second kappa shape index (κ2) is 7.96. The Hall–Kier alpha value is -2.34. The fourth-order valence-corrected chi connectivity index (χ4v) is 1.60. The Labute approximate surface area is 117 Å². The van der Waals surface area contributed by atoms with Crippen LogP contribution in [0.15, 0.2) is 36.9 Å². The summed E-state index contributed by atoms with van der Waals surface area (Å²) in [7, 11) is 0. The van der Waals surface area contributed by atoms with Crippen molar-refractivity contribution < 1.29 is 14.7 Å². The number of nitrogens with two attached hydrogens (primary N) is 1. The van der Waals surface area contributed by atoms with Gasteiger partial charge >= 0.3 is 0 Å². The molecule has 4 N–H and O–H groups in total. The van der Waals surface area contributed by atoms with Crippen LogP contribution in [0.5, 0.6) is 0 Å². The molecule has 0 bridgehead atoms. The largest absolute Gasteiger partial charge is 0.399 e. The summed E-state index contributed by atoms with van der Waals surface area (Å²) < 4.78 is 0. The molecule has 0 heterocycles. The van der Waals surface area contributed by atoms with Gasteiger partial charge in [0.05, 0.1) is 13.2 Å². The molecule has 0 aromatic heterocycles. The van der Waals surface area contributed by atoms with Crippen LogP contribution in [-0.4, -0.2) is 48.1 Å². The standard InChI is InChI=1S/C14H19N3O3/c1-2-7-17(8-9-18)13(19)10-16-14(20)11-3-5-12(15)6-4-11/h2-6,18H,1,7-10,15H2,(H,16,20). The third-order valence-corrected chi connectivity index (χ3v) is 2.65. The van der Waals surface area contributed by atoms with Crippen LogP contribution in [0.4, 0.5) is 5.69 Å². The Balaban J connectivity index is 2.52. The van der Waals surface area contributed by atoms with E-state index in [0.29, 0.717) is 17.8 Å². The molecule has 0 radical (unpaired) electrons. The molecule has 6 nitrogen and oxygen atoms in total. The zero-order valence-electron chi connectivity index (χ0n) is 11.2. The van der Waals surface area contributed by atoms with Crippen LogP contribution in [0.1, 0.15) is 10.4 Å². The maximum atomic E-state index is 11.8. The monoisotopic (exact) mass is 277 g/mol. The van der Waals surface area contributed by atoms with E-state index in [1.807, 2.05) is 0 Å². The smallest absolute Gasteiger partial charge is 0.251 e. The number of aliphatic hydroxyl groups excluding tert-OH is 1. The lowest BCUT2D eigenvalue weighted by Crippen LogP contribution is -2.41. The number of nitrogens with zero attached hydrogens (tertiary/aromatic N) is 1. The molecule has 0 unspecified atom stereocenters. The first kappa shape index (κ1) is 15.7. The van der Waals surface area contributed by atoms with Crippen LogP contribution in [0, 0.1) is 0 Å². The number of nitrogens with one attached hydrogen (secondary N) is 1. The highest BCUT2D eigenvalue weighted by atomic mass is 16.3. The third kappa shape index (κ3) is 4.74. The van der Waals surface area contributed by atoms with Gasteiger partial charge in [0.15, 0.2) is 0 Å². The minimum atomic E-state index is -0.346. The summed E-state index contributed by atoms with van der Waals surface area (Å²) in [5, 5.41) is 11.4. The molecule has 1 rings (SSSR count). The summed E-state index contributed by atoms with van der Waals surface area (Å²) in [5.41, 5.74) is 6.53. The highest BCUT2D eigenvalue weighted by Crippen LogP contribution is 2.05. The molecule has 108 valence electrons. The van der Waals surface area contributed by atoms with Gasteiger partial charge in [0.25, 0.3) is 5.91 Å². The number of carbonyl (C=O) groups excluding carboxylic acids is 2. The molecular formula is C14H19N3O3. The Morgan fingerprint density at radius 2 is 2.00 bits per heavy atom. The average molecular weight is 277 g/mol. The van der Waals surface area contributed by atoms with E-state index in [2.05, 4.69) is 11.9 Å². The summed E-state index contributed by atoms with van der Waals surface area (Å²) in [6.45, 7) is 3.82. The van der Waals surface area contributed by atoms with E-state index in [0.717, 1.165) is 0 Å². The van der Waals surface area contributed by atoms with Crippen molar-refractivity contribution in [2.24, 2.45) is 0 Å². The van der Waals surface area contributed by atoms with Crippen molar-refractivity contribution in [3.63, 3.8) is 0 Å². The predicted molar refractivity (Wildman–Crippen MR) is 77.1 cm³/mol. The SMILES string of the molecule is C=CCN(CCO)C(=O)CNC(=O)c1ccc(N)cc1. The van der Waals surface area contributed by atoms with E-state index < -0.39 is 0 Å². The van der Waals surface area contributed by atoms with Crippen LogP contribution in [-0.2, 0) is 4.79 Å².